The number of halogens is 5. The smallest absolute Gasteiger partial charge is 0.236 e. The van der Waals surface area contributed by atoms with Crippen molar-refractivity contribution in [2.24, 2.45) is 0 Å². The molecule has 0 bridgehead atoms. The summed E-state index contributed by atoms with van der Waals surface area (Å²) >= 11 is 0. The molecule has 2 nitrogen and oxygen atoms in total. The second-order valence-corrected chi connectivity index (χ2v) is 3.39. The molecule has 2 rings (SSSR count). The van der Waals surface area contributed by atoms with E-state index in [9.17, 15) is 22.0 Å². The topological polar surface area (TPSA) is 25.8 Å². The van der Waals surface area contributed by atoms with Gasteiger partial charge in [0.2, 0.25) is 0 Å². The molecule has 0 aliphatic rings. The van der Waals surface area contributed by atoms with Crippen LogP contribution in [-0.4, -0.2) is 9.97 Å². The van der Waals surface area contributed by atoms with E-state index in [-0.39, 0.29) is 11.4 Å². The van der Waals surface area contributed by atoms with Crippen molar-refractivity contribution in [3.8, 4) is 11.4 Å². The van der Waals surface area contributed by atoms with Gasteiger partial charge in [-0.3, -0.25) is 0 Å². The fourth-order valence-corrected chi connectivity index (χ4v) is 1.29. The minimum absolute atomic E-state index is 0.288. The lowest BCUT2D eigenvalue weighted by Crippen LogP contribution is -2.07. The molecule has 0 saturated heterocycles. The zero-order valence-corrected chi connectivity index (χ0v) is 8.67. The van der Waals surface area contributed by atoms with Crippen molar-refractivity contribution in [1.29, 1.82) is 0 Å². The highest BCUT2D eigenvalue weighted by Gasteiger charge is 2.31. The van der Waals surface area contributed by atoms with Gasteiger partial charge in [-0.15, -0.1) is 0 Å². The molecule has 0 amide bonds. The number of benzene rings is 1. The summed E-state index contributed by atoms with van der Waals surface area (Å²) in [7, 11) is 0. The summed E-state index contributed by atoms with van der Waals surface area (Å²) in [6, 6.07) is 3.29. The van der Waals surface area contributed by atoms with Crippen LogP contribution in [0, 0.1) is 11.6 Å². The predicted molar refractivity (Wildman–Crippen MR) is 52.4 cm³/mol. The SMILES string of the molecule is Fc1cccc(-c2ncc(C(F)(F)F)cn2)c1F. The third-order valence-electron chi connectivity index (χ3n) is 2.17. The molecule has 1 aromatic heterocycles. The first-order chi connectivity index (χ1) is 8.39. The third-order valence-corrected chi connectivity index (χ3v) is 2.17. The normalized spacial score (nSPS) is 11.6. The molecule has 0 spiro atoms. The molecule has 1 heterocycles. The van der Waals surface area contributed by atoms with E-state index >= 15 is 0 Å². The Morgan fingerprint density at radius 3 is 2.11 bits per heavy atom. The van der Waals surface area contributed by atoms with Crippen molar-refractivity contribution < 1.29 is 22.0 Å². The molecular formula is C11H5F5N2. The van der Waals surface area contributed by atoms with Crippen LogP contribution >= 0.6 is 0 Å². The summed E-state index contributed by atoms with van der Waals surface area (Å²) in [6.45, 7) is 0. The van der Waals surface area contributed by atoms with Crippen molar-refractivity contribution in [3.05, 3.63) is 47.8 Å². The summed E-state index contributed by atoms with van der Waals surface area (Å²) in [5.74, 6) is -2.62. The highest BCUT2D eigenvalue weighted by molar-refractivity contribution is 5.55. The van der Waals surface area contributed by atoms with Gasteiger partial charge in [-0.25, -0.2) is 18.7 Å². The first-order valence-electron chi connectivity index (χ1n) is 4.73. The molecule has 1 aromatic carbocycles. The average Bonchev–Trinajstić information content (AvgIpc) is 2.32. The number of hydrogen-bond donors (Lipinski definition) is 0. The van der Waals surface area contributed by atoms with Crippen LogP contribution in [0.15, 0.2) is 30.6 Å². The van der Waals surface area contributed by atoms with Gasteiger partial charge in [-0.2, -0.15) is 13.2 Å². The van der Waals surface area contributed by atoms with Gasteiger partial charge in [0.15, 0.2) is 17.5 Å². The highest BCUT2D eigenvalue weighted by atomic mass is 19.4. The van der Waals surface area contributed by atoms with Gasteiger partial charge in [-0.1, -0.05) is 6.07 Å². The lowest BCUT2D eigenvalue weighted by Gasteiger charge is -2.06. The maximum Gasteiger partial charge on any atom is 0.419 e. The third kappa shape index (κ3) is 2.29. The number of nitrogens with zero attached hydrogens (tertiary/aromatic N) is 2. The molecule has 0 radical (unpaired) electrons. The molecule has 7 heteroatoms. The maximum absolute atomic E-state index is 13.3. The Hall–Kier alpha value is -2.05. The van der Waals surface area contributed by atoms with Gasteiger partial charge in [-0.05, 0) is 12.1 Å². The summed E-state index contributed by atoms with van der Waals surface area (Å²) in [5.41, 5.74) is -1.34. The van der Waals surface area contributed by atoms with Crippen LogP contribution in [0.2, 0.25) is 0 Å². The molecule has 0 N–H and O–H groups in total. The van der Waals surface area contributed by atoms with Crippen LogP contribution in [0.5, 0.6) is 0 Å². The van der Waals surface area contributed by atoms with E-state index in [0.717, 1.165) is 6.07 Å². The van der Waals surface area contributed by atoms with E-state index in [1.807, 2.05) is 0 Å². The van der Waals surface area contributed by atoms with Crippen LogP contribution in [0.25, 0.3) is 11.4 Å². The fourth-order valence-electron chi connectivity index (χ4n) is 1.29. The number of rotatable bonds is 1. The van der Waals surface area contributed by atoms with E-state index in [2.05, 4.69) is 9.97 Å². The molecular weight excluding hydrogens is 255 g/mol. The fraction of sp³-hybridized carbons (Fsp3) is 0.0909. The van der Waals surface area contributed by atoms with Crippen LogP contribution < -0.4 is 0 Å². The number of aromatic nitrogens is 2. The molecule has 0 fully saturated rings. The van der Waals surface area contributed by atoms with Crippen molar-refractivity contribution >= 4 is 0 Å². The second kappa shape index (κ2) is 4.32. The lowest BCUT2D eigenvalue weighted by atomic mass is 10.2. The van der Waals surface area contributed by atoms with Crippen molar-refractivity contribution in [2.45, 2.75) is 6.18 Å². The molecule has 0 aliphatic carbocycles. The molecule has 0 saturated carbocycles. The molecule has 2 aromatic rings. The average molecular weight is 260 g/mol. The first kappa shape index (κ1) is 12.4. The Balaban J connectivity index is 2.44. The zero-order valence-electron chi connectivity index (χ0n) is 8.67. The highest BCUT2D eigenvalue weighted by Crippen LogP contribution is 2.29. The Bertz CT molecular complexity index is 563. The Morgan fingerprint density at radius 1 is 0.944 bits per heavy atom. The van der Waals surface area contributed by atoms with Gasteiger partial charge in [0.25, 0.3) is 0 Å². The van der Waals surface area contributed by atoms with E-state index in [4.69, 9.17) is 0 Å². The van der Waals surface area contributed by atoms with Gasteiger partial charge < -0.3 is 0 Å². The molecule has 94 valence electrons. The standard InChI is InChI=1S/C11H5F5N2/c12-8-3-1-2-7(9(8)13)10-17-4-6(5-18-10)11(14,15)16/h1-5H. The Morgan fingerprint density at radius 2 is 1.56 bits per heavy atom. The molecule has 0 unspecified atom stereocenters. The van der Waals surface area contributed by atoms with Crippen molar-refractivity contribution in [2.75, 3.05) is 0 Å². The Kier molecular flexibility index (Phi) is 2.98. The van der Waals surface area contributed by atoms with E-state index < -0.39 is 23.4 Å². The first-order valence-corrected chi connectivity index (χ1v) is 4.73. The van der Waals surface area contributed by atoms with Crippen LogP contribution in [-0.2, 0) is 6.18 Å². The van der Waals surface area contributed by atoms with E-state index in [1.165, 1.54) is 12.1 Å². The predicted octanol–water partition coefficient (Wildman–Crippen LogP) is 3.44. The summed E-state index contributed by atoms with van der Waals surface area (Å²) < 4.78 is 63.0. The minimum Gasteiger partial charge on any atom is -0.236 e. The largest absolute Gasteiger partial charge is 0.419 e. The van der Waals surface area contributed by atoms with Crippen LogP contribution in [0.1, 0.15) is 5.56 Å². The van der Waals surface area contributed by atoms with Crippen LogP contribution in [0.3, 0.4) is 0 Å². The summed E-state index contributed by atoms with van der Waals surface area (Å²) in [5, 5.41) is 0. The minimum atomic E-state index is -4.57. The van der Waals surface area contributed by atoms with Gasteiger partial charge >= 0.3 is 6.18 Å². The number of hydrogen-bond acceptors (Lipinski definition) is 2. The van der Waals surface area contributed by atoms with Crippen molar-refractivity contribution in [3.63, 3.8) is 0 Å². The molecule has 18 heavy (non-hydrogen) atoms. The van der Waals surface area contributed by atoms with Gasteiger partial charge in [0, 0.05) is 12.4 Å². The van der Waals surface area contributed by atoms with E-state index in [1.54, 1.807) is 0 Å². The maximum atomic E-state index is 13.3. The quantitative estimate of drug-likeness (QED) is 0.734. The summed E-state index contributed by atoms with van der Waals surface area (Å²) in [6.07, 6.45) is -3.53. The second-order valence-electron chi connectivity index (χ2n) is 3.39. The monoisotopic (exact) mass is 260 g/mol. The van der Waals surface area contributed by atoms with Crippen molar-refractivity contribution in [1.82, 2.24) is 9.97 Å². The van der Waals surface area contributed by atoms with Gasteiger partial charge in [0.05, 0.1) is 11.1 Å². The summed E-state index contributed by atoms with van der Waals surface area (Å²) in [4.78, 5) is 6.76. The lowest BCUT2D eigenvalue weighted by molar-refractivity contribution is -0.138. The van der Waals surface area contributed by atoms with Gasteiger partial charge in [0.1, 0.15) is 0 Å². The zero-order chi connectivity index (χ0) is 13.3. The molecule has 0 atom stereocenters. The number of alkyl halides is 3. The van der Waals surface area contributed by atoms with E-state index in [0.29, 0.717) is 12.4 Å². The van der Waals surface area contributed by atoms with Crippen LogP contribution in [0.4, 0.5) is 22.0 Å². The molecule has 0 aliphatic heterocycles. The Labute approximate surface area is 98.1 Å².